The number of fused-ring (bicyclic) bond motifs is 3. The standard InChI is InChI=1S/C68H55N3/c1-67(2)58-28-17-29-59-66(58)71-64-56(40-48(42-60(64)67)44-32-36-52(37-33-44)69(50-22-7-5-8-23-50)62-30-15-20-46-18-11-13-26-54(46)62)57-41-49(43-61(65(57)71)68(59,3)4)45-34-38-53(39-35-45)70(51-24-9-6-10-25-51)63-31-16-21-47-19-12-14-27-55(47)63/h5-34,36-42,45,49H,35,43H2,1-4H3. The number of benzene rings is 9. The fourth-order valence-corrected chi connectivity index (χ4v) is 13.0. The summed E-state index contributed by atoms with van der Waals surface area (Å²) in [4.78, 5) is 4.85. The first-order chi connectivity index (χ1) is 34.7. The van der Waals surface area contributed by atoms with Gasteiger partial charge in [0, 0.05) is 55.0 Å². The van der Waals surface area contributed by atoms with E-state index in [4.69, 9.17) is 0 Å². The van der Waals surface area contributed by atoms with E-state index >= 15 is 0 Å². The number of allylic oxidation sites excluding steroid dienone is 3. The summed E-state index contributed by atoms with van der Waals surface area (Å²) in [6, 6.07) is 73.9. The molecule has 342 valence electrons. The molecule has 0 N–H and O–H groups in total. The van der Waals surface area contributed by atoms with Gasteiger partial charge in [-0.25, -0.2) is 0 Å². The van der Waals surface area contributed by atoms with Crippen LogP contribution in [-0.4, -0.2) is 4.57 Å². The average molecular weight is 914 g/mol. The maximum Gasteiger partial charge on any atom is 0.0582 e. The molecule has 10 aromatic rings. The molecule has 0 radical (unpaired) electrons. The second kappa shape index (κ2) is 15.7. The van der Waals surface area contributed by atoms with Gasteiger partial charge in [-0.05, 0) is 136 Å². The minimum absolute atomic E-state index is 0.129. The van der Waals surface area contributed by atoms with E-state index in [9.17, 15) is 0 Å². The van der Waals surface area contributed by atoms with Gasteiger partial charge in [0.1, 0.15) is 0 Å². The number of rotatable bonds is 8. The van der Waals surface area contributed by atoms with Gasteiger partial charge in [0.2, 0.25) is 0 Å². The fourth-order valence-electron chi connectivity index (χ4n) is 13.0. The first kappa shape index (κ1) is 41.8. The van der Waals surface area contributed by atoms with E-state index in [1.807, 2.05) is 0 Å². The third kappa shape index (κ3) is 6.28. The molecule has 71 heavy (non-hydrogen) atoms. The third-order valence-corrected chi connectivity index (χ3v) is 16.7. The number of hydrogen-bond acceptors (Lipinski definition) is 2. The van der Waals surface area contributed by atoms with Crippen LogP contribution in [0.5, 0.6) is 0 Å². The van der Waals surface area contributed by atoms with Crippen LogP contribution in [0.2, 0.25) is 0 Å². The Balaban J connectivity index is 0.903. The summed E-state index contributed by atoms with van der Waals surface area (Å²) >= 11 is 0. The highest BCUT2D eigenvalue weighted by molar-refractivity contribution is 6.01. The summed E-state index contributed by atoms with van der Waals surface area (Å²) in [6.45, 7) is 9.89. The van der Waals surface area contributed by atoms with E-state index in [-0.39, 0.29) is 10.8 Å². The number of para-hydroxylation sites is 3. The molecule has 3 heterocycles. The first-order valence-corrected chi connectivity index (χ1v) is 25.5. The van der Waals surface area contributed by atoms with Crippen molar-refractivity contribution in [2.75, 3.05) is 9.80 Å². The largest absolute Gasteiger partial charge is 0.310 e. The van der Waals surface area contributed by atoms with Crippen molar-refractivity contribution >= 4 is 72.5 Å². The van der Waals surface area contributed by atoms with Gasteiger partial charge in [-0.1, -0.05) is 185 Å². The van der Waals surface area contributed by atoms with Crippen LogP contribution in [0.3, 0.4) is 0 Å². The number of anilines is 5. The minimum atomic E-state index is -0.204. The summed E-state index contributed by atoms with van der Waals surface area (Å²) in [7, 11) is 0. The summed E-state index contributed by atoms with van der Waals surface area (Å²) < 4.78 is 2.70. The van der Waals surface area contributed by atoms with Crippen molar-refractivity contribution in [3.63, 3.8) is 0 Å². The van der Waals surface area contributed by atoms with Crippen molar-refractivity contribution in [2.45, 2.75) is 51.4 Å². The summed E-state index contributed by atoms with van der Waals surface area (Å²) in [6.07, 6.45) is 12.1. The second-order valence-electron chi connectivity index (χ2n) is 21.3. The van der Waals surface area contributed by atoms with Gasteiger partial charge >= 0.3 is 0 Å². The van der Waals surface area contributed by atoms with Gasteiger partial charge in [-0.3, -0.25) is 0 Å². The molecule has 2 atom stereocenters. The SMILES string of the molecule is CC1(C)C2=c3c(c4cc(-c5ccc(N(c6ccccc6)c6cccc7ccccc67)cc5)cc5c4n3-c3c1cccc3C5(C)C)=CC(C1C=CC(N(c3ccccc3)c3cccc4ccccc34)=CC1)C2. The Morgan fingerprint density at radius 1 is 0.479 bits per heavy atom. The van der Waals surface area contributed by atoms with Crippen molar-refractivity contribution < 1.29 is 0 Å². The fraction of sp³-hybridized carbons (Fsp3) is 0.147. The van der Waals surface area contributed by atoms with Crippen molar-refractivity contribution in [3.8, 4) is 16.8 Å². The van der Waals surface area contributed by atoms with Gasteiger partial charge in [0.25, 0.3) is 0 Å². The molecule has 0 saturated carbocycles. The van der Waals surface area contributed by atoms with Crippen LogP contribution in [0.1, 0.15) is 57.2 Å². The molecule has 2 aliphatic heterocycles. The lowest BCUT2D eigenvalue weighted by molar-refractivity contribution is 0.478. The van der Waals surface area contributed by atoms with E-state index in [1.54, 1.807) is 5.57 Å². The molecule has 1 aromatic heterocycles. The lowest BCUT2D eigenvalue weighted by atomic mass is 9.66. The zero-order valence-corrected chi connectivity index (χ0v) is 40.8. The Kier molecular flexibility index (Phi) is 9.23. The third-order valence-electron chi connectivity index (χ3n) is 16.7. The zero-order chi connectivity index (χ0) is 47.6. The highest BCUT2D eigenvalue weighted by atomic mass is 15.2. The van der Waals surface area contributed by atoms with Crippen molar-refractivity contribution in [1.82, 2.24) is 4.57 Å². The summed E-state index contributed by atoms with van der Waals surface area (Å²) in [5.74, 6) is 0.702. The Bertz CT molecular complexity index is 3990. The molecule has 0 spiro atoms. The predicted molar refractivity (Wildman–Crippen MR) is 299 cm³/mol. The molecule has 3 nitrogen and oxygen atoms in total. The van der Waals surface area contributed by atoms with Crippen molar-refractivity contribution in [2.24, 2.45) is 11.8 Å². The monoisotopic (exact) mass is 913 g/mol. The number of nitrogens with zero attached hydrogens (tertiary/aromatic N) is 3. The molecule has 3 heteroatoms. The lowest BCUT2D eigenvalue weighted by Crippen LogP contribution is -2.47. The van der Waals surface area contributed by atoms with E-state index in [1.165, 1.54) is 99.3 Å². The predicted octanol–water partition coefficient (Wildman–Crippen LogP) is 16.3. The molecule has 0 bridgehead atoms. The lowest BCUT2D eigenvalue weighted by Gasteiger charge is -2.43. The molecule has 2 unspecified atom stereocenters. The van der Waals surface area contributed by atoms with E-state index in [2.05, 4.69) is 267 Å². The normalized spacial score (nSPS) is 17.8. The molecular weight excluding hydrogens is 859 g/mol. The Morgan fingerprint density at radius 3 is 1.69 bits per heavy atom. The molecule has 0 fully saturated rings. The Morgan fingerprint density at radius 2 is 1.04 bits per heavy atom. The maximum absolute atomic E-state index is 2.70. The highest BCUT2D eigenvalue weighted by Crippen LogP contribution is 2.53. The smallest absolute Gasteiger partial charge is 0.0582 e. The van der Waals surface area contributed by atoms with Crippen LogP contribution < -0.4 is 20.4 Å². The van der Waals surface area contributed by atoms with Crippen LogP contribution in [0.15, 0.2) is 224 Å². The van der Waals surface area contributed by atoms with Gasteiger partial charge in [0.05, 0.1) is 27.9 Å². The van der Waals surface area contributed by atoms with Crippen LogP contribution in [-0.2, 0) is 10.8 Å². The molecular formula is C68H55N3. The quantitative estimate of drug-likeness (QED) is 0.150. The maximum atomic E-state index is 2.70. The molecule has 0 saturated heterocycles. The Labute approximate surface area is 416 Å². The second-order valence-corrected chi connectivity index (χ2v) is 21.3. The van der Waals surface area contributed by atoms with Crippen molar-refractivity contribution in [1.29, 1.82) is 0 Å². The van der Waals surface area contributed by atoms with Crippen molar-refractivity contribution in [3.05, 3.63) is 251 Å². The minimum Gasteiger partial charge on any atom is -0.310 e. The number of aromatic nitrogens is 1. The van der Waals surface area contributed by atoms with E-state index < -0.39 is 0 Å². The summed E-state index contributed by atoms with van der Waals surface area (Å²) in [5, 5.41) is 9.18. The topological polar surface area (TPSA) is 11.4 Å². The molecule has 14 rings (SSSR count). The van der Waals surface area contributed by atoms with Crippen LogP contribution in [0.25, 0.3) is 60.9 Å². The van der Waals surface area contributed by atoms with Gasteiger partial charge in [-0.2, -0.15) is 0 Å². The van der Waals surface area contributed by atoms with Gasteiger partial charge < -0.3 is 14.4 Å². The van der Waals surface area contributed by atoms with Crippen LogP contribution >= 0.6 is 0 Å². The molecule has 9 aromatic carbocycles. The van der Waals surface area contributed by atoms with Gasteiger partial charge in [0.15, 0.2) is 0 Å². The zero-order valence-electron chi connectivity index (χ0n) is 40.8. The average Bonchev–Trinajstić information content (AvgIpc) is 3.77. The molecule has 4 aliphatic rings. The van der Waals surface area contributed by atoms with Crippen LogP contribution in [0, 0.1) is 11.8 Å². The number of hydrogen-bond donors (Lipinski definition) is 0. The molecule has 2 aliphatic carbocycles. The van der Waals surface area contributed by atoms with E-state index in [0.717, 1.165) is 24.2 Å². The first-order valence-electron chi connectivity index (χ1n) is 25.5. The highest BCUT2D eigenvalue weighted by Gasteiger charge is 2.45. The molecule has 0 amide bonds. The van der Waals surface area contributed by atoms with E-state index in [0.29, 0.717) is 11.8 Å². The summed E-state index contributed by atoms with van der Waals surface area (Å²) in [5.41, 5.74) is 17.8. The van der Waals surface area contributed by atoms with Gasteiger partial charge in [-0.15, -0.1) is 0 Å². The van der Waals surface area contributed by atoms with Crippen LogP contribution in [0.4, 0.5) is 28.4 Å². The Hall–Kier alpha value is -8.14.